The third-order valence-corrected chi connectivity index (χ3v) is 10.4. The van der Waals surface area contributed by atoms with Crippen molar-refractivity contribution in [3.63, 3.8) is 0 Å². The molecule has 0 aliphatic carbocycles. The van der Waals surface area contributed by atoms with Gasteiger partial charge in [-0.1, -0.05) is 207 Å². The Kier molecular flexibility index (Phi) is 38.2. The molecule has 3 unspecified atom stereocenters. The lowest BCUT2D eigenvalue weighted by molar-refractivity contribution is -0.151. The summed E-state index contributed by atoms with van der Waals surface area (Å²) in [7, 11) is 0. The minimum Gasteiger partial charge on any atom is -0.462 e. The van der Waals surface area contributed by atoms with Crippen molar-refractivity contribution in [2.24, 2.45) is 0 Å². The van der Waals surface area contributed by atoms with Gasteiger partial charge in [0.05, 0.1) is 25.2 Å². The van der Waals surface area contributed by atoms with Crippen molar-refractivity contribution < 1.29 is 24.5 Å². The molecule has 0 bridgehead atoms. The van der Waals surface area contributed by atoms with E-state index in [1.54, 1.807) is 0 Å². The second-order valence-electron chi connectivity index (χ2n) is 15.5. The number of carbonyl (C=O) groups is 2. The quantitative estimate of drug-likeness (QED) is 0.0435. The number of hydrogen-bond acceptors (Lipinski definition) is 5. The monoisotopic (exact) mass is 710 g/mol. The van der Waals surface area contributed by atoms with E-state index in [-0.39, 0.29) is 24.9 Å². The van der Waals surface area contributed by atoms with Gasteiger partial charge in [-0.3, -0.25) is 9.59 Å². The summed E-state index contributed by atoms with van der Waals surface area (Å²) >= 11 is 0. The predicted molar refractivity (Wildman–Crippen MR) is 214 cm³/mol. The van der Waals surface area contributed by atoms with Crippen LogP contribution in [0.4, 0.5) is 0 Å². The van der Waals surface area contributed by atoms with Crippen LogP contribution in [-0.2, 0) is 14.3 Å². The fourth-order valence-corrected chi connectivity index (χ4v) is 7.02. The van der Waals surface area contributed by atoms with Crippen molar-refractivity contribution >= 4 is 11.9 Å². The first-order valence-electron chi connectivity index (χ1n) is 22.3. The van der Waals surface area contributed by atoms with Crippen LogP contribution in [0.15, 0.2) is 0 Å². The molecule has 6 nitrogen and oxygen atoms in total. The van der Waals surface area contributed by atoms with E-state index in [0.29, 0.717) is 19.3 Å². The van der Waals surface area contributed by atoms with Crippen LogP contribution in [-0.4, -0.2) is 46.9 Å². The van der Waals surface area contributed by atoms with E-state index in [1.807, 2.05) is 0 Å². The van der Waals surface area contributed by atoms with Gasteiger partial charge in [-0.2, -0.15) is 0 Å². The minimum absolute atomic E-state index is 0.0858. The third kappa shape index (κ3) is 34.0. The molecule has 0 saturated carbocycles. The lowest BCUT2D eigenvalue weighted by atomic mass is 10.0. The summed E-state index contributed by atoms with van der Waals surface area (Å²) in [5.41, 5.74) is 0. The largest absolute Gasteiger partial charge is 0.462 e. The van der Waals surface area contributed by atoms with Crippen molar-refractivity contribution in [2.75, 3.05) is 6.61 Å². The Morgan fingerprint density at radius 1 is 0.500 bits per heavy atom. The van der Waals surface area contributed by atoms with E-state index >= 15 is 0 Å². The highest BCUT2D eigenvalue weighted by atomic mass is 16.5. The molecule has 0 saturated heterocycles. The van der Waals surface area contributed by atoms with Gasteiger partial charge in [0.25, 0.3) is 0 Å². The fraction of sp³-hybridized carbons (Fsp3) is 0.955. The van der Waals surface area contributed by atoms with E-state index in [9.17, 15) is 19.8 Å². The molecule has 0 fully saturated rings. The smallest absolute Gasteiger partial charge is 0.306 e. The Bertz CT molecular complexity index is 717. The molecule has 298 valence electrons. The maximum absolute atomic E-state index is 13.1. The van der Waals surface area contributed by atoms with Crippen molar-refractivity contribution in [1.82, 2.24) is 5.32 Å². The van der Waals surface area contributed by atoms with E-state index in [0.717, 1.165) is 44.9 Å². The minimum atomic E-state index is -0.776. The fourth-order valence-electron chi connectivity index (χ4n) is 7.02. The predicted octanol–water partition coefficient (Wildman–Crippen LogP) is 12.4. The first kappa shape index (κ1) is 48.9. The molecule has 3 N–H and O–H groups in total. The van der Waals surface area contributed by atoms with E-state index in [4.69, 9.17) is 4.74 Å². The van der Waals surface area contributed by atoms with Crippen LogP contribution in [0.25, 0.3) is 0 Å². The average molecular weight is 710 g/mol. The number of unbranched alkanes of at least 4 members (excludes halogenated alkanes) is 28. The van der Waals surface area contributed by atoms with Gasteiger partial charge in [0.15, 0.2) is 0 Å². The standard InChI is InChI=1S/C44H87NO5/c1-4-7-10-13-16-19-20-21-22-25-27-30-33-36-42(47)41(39-46)45-43(48)38-40(35-32-29-26-23-17-14-11-8-5-2)50-44(49)37-34-31-28-24-18-15-12-9-6-3/h40-42,46-47H,4-39H2,1-3H3,(H,45,48). The van der Waals surface area contributed by atoms with Gasteiger partial charge in [0.1, 0.15) is 6.10 Å². The first-order chi connectivity index (χ1) is 24.5. The molecule has 0 heterocycles. The number of aliphatic hydroxyl groups excluding tert-OH is 2. The molecule has 1 amide bonds. The van der Waals surface area contributed by atoms with E-state index in [1.165, 1.54) is 154 Å². The van der Waals surface area contributed by atoms with Crippen molar-refractivity contribution in [1.29, 1.82) is 0 Å². The van der Waals surface area contributed by atoms with Crippen LogP contribution in [0, 0.1) is 0 Å². The van der Waals surface area contributed by atoms with Crippen LogP contribution >= 0.6 is 0 Å². The van der Waals surface area contributed by atoms with Gasteiger partial charge < -0.3 is 20.3 Å². The summed E-state index contributed by atoms with van der Waals surface area (Å²) < 4.78 is 5.87. The highest BCUT2D eigenvalue weighted by Crippen LogP contribution is 2.18. The number of aliphatic hydroxyl groups is 2. The molecule has 50 heavy (non-hydrogen) atoms. The zero-order valence-electron chi connectivity index (χ0n) is 33.8. The van der Waals surface area contributed by atoms with Gasteiger partial charge in [0, 0.05) is 6.42 Å². The molecule has 0 radical (unpaired) electrons. The summed E-state index contributed by atoms with van der Waals surface area (Å²) in [5.74, 6) is -0.465. The van der Waals surface area contributed by atoms with Crippen LogP contribution in [0.2, 0.25) is 0 Å². The average Bonchev–Trinajstić information content (AvgIpc) is 3.10. The Labute approximate surface area is 311 Å². The normalized spacial score (nSPS) is 13.3. The number of ether oxygens (including phenoxy) is 1. The highest BCUT2D eigenvalue weighted by molar-refractivity contribution is 5.77. The third-order valence-electron chi connectivity index (χ3n) is 10.4. The molecule has 0 aromatic rings. The zero-order chi connectivity index (χ0) is 36.8. The van der Waals surface area contributed by atoms with Crippen LogP contribution in [0.1, 0.15) is 245 Å². The summed E-state index contributed by atoms with van der Waals surface area (Å²) in [6.07, 6.45) is 38.8. The molecule has 0 aromatic heterocycles. The summed E-state index contributed by atoms with van der Waals surface area (Å²) in [6, 6.07) is -0.689. The number of rotatable bonds is 40. The van der Waals surface area contributed by atoms with Crippen molar-refractivity contribution in [3.8, 4) is 0 Å². The molecular formula is C44H87NO5. The summed E-state index contributed by atoms with van der Waals surface area (Å²) in [4.78, 5) is 25.8. The first-order valence-corrected chi connectivity index (χ1v) is 22.3. The molecule has 0 aliphatic rings. The number of amides is 1. The van der Waals surface area contributed by atoms with Gasteiger partial charge in [-0.05, 0) is 25.7 Å². The molecule has 3 atom stereocenters. The Hall–Kier alpha value is -1.14. The van der Waals surface area contributed by atoms with Crippen LogP contribution in [0.5, 0.6) is 0 Å². The molecule has 6 heteroatoms. The number of esters is 1. The van der Waals surface area contributed by atoms with Crippen molar-refractivity contribution in [2.45, 2.75) is 264 Å². The van der Waals surface area contributed by atoms with Gasteiger partial charge in [-0.25, -0.2) is 0 Å². The van der Waals surface area contributed by atoms with Gasteiger partial charge in [-0.15, -0.1) is 0 Å². The maximum atomic E-state index is 13.1. The SMILES string of the molecule is CCCCCCCCCCCCCCCC(O)C(CO)NC(=O)CC(CCCCCCCCCCC)OC(=O)CCCCCCCCCCC. The van der Waals surface area contributed by atoms with E-state index in [2.05, 4.69) is 26.1 Å². The molecule has 0 rings (SSSR count). The topological polar surface area (TPSA) is 95.9 Å². The zero-order valence-corrected chi connectivity index (χ0v) is 33.8. The van der Waals surface area contributed by atoms with Crippen LogP contribution < -0.4 is 5.32 Å². The maximum Gasteiger partial charge on any atom is 0.306 e. The van der Waals surface area contributed by atoms with Crippen LogP contribution in [0.3, 0.4) is 0 Å². The van der Waals surface area contributed by atoms with Crippen molar-refractivity contribution in [3.05, 3.63) is 0 Å². The van der Waals surface area contributed by atoms with Gasteiger partial charge >= 0.3 is 5.97 Å². The second kappa shape index (κ2) is 39.1. The lowest BCUT2D eigenvalue weighted by Gasteiger charge is -2.24. The Morgan fingerprint density at radius 2 is 0.840 bits per heavy atom. The van der Waals surface area contributed by atoms with Gasteiger partial charge in [0.2, 0.25) is 5.91 Å². The Balaban J connectivity index is 4.47. The summed E-state index contributed by atoms with van der Waals surface area (Å²) in [5, 5.41) is 23.6. The second-order valence-corrected chi connectivity index (χ2v) is 15.5. The molecule has 0 aliphatic heterocycles. The number of hydrogen-bond donors (Lipinski definition) is 3. The summed E-state index contributed by atoms with van der Waals surface area (Å²) in [6.45, 7) is 6.45. The molecule has 0 spiro atoms. The lowest BCUT2D eigenvalue weighted by Crippen LogP contribution is -2.46. The number of carbonyl (C=O) groups excluding carboxylic acids is 2. The molecular weight excluding hydrogens is 622 g/mol. The molecule has 0 aromatic carbocycles. The number of nitrogens with one attached hydrogen (secondary N) is 1. The highest BCUT2D eigenvalue weighted by Gasteiger charge is 2.24. The Morgan fingerprint density at radius 3 is 1.22 bits per heavy atom. The van der Waals surface area contributed by atoms with E-state index < -0.39 is 18.2 Å².